The van der Waals surface area contributed by atoms with Gasteiger partial charge in [0.25, 0.3) is 0 Å². The van der Waals surface area contributed by atoms with E-state index in [2.05, 4.69) is 16.4 Å². The summed E-state index contributed by atoms with van der Waals surface area (Å²) in [5.74, 6) is 0. The SMILES string of the molecule is NC1CCCC(NCCc2ccccn2)C1. The van der Waals surface area contributed by atoms with Crippen LogP contribution in [0.2, 0.25) is 0 Å². The lowest BCUT2D eigenvalue weighted by Crippen LogP contribution is -2.40. The third-order valence-electron chi connectivity index (χ3n) is 3.26. The van der Waals surface area contributed by atoms with Crippen LogP contribution in [0.1, 0.15) is 31.4 Å². The van der Waals surface area contributed by atoms with Crippen LogP contribution in [0.5, 0.6) is 0 Å². The molecule has 3 N–H and O–H groups in total. The molecule has 0 aliphatic heterocycles. The normalized spacial score (nSPS) is 25.6. The van der Waals surface area contributed by atoms with Gasteiger partial charge in [0.1, 0.15) is 0 Å². The summed E-state index contributed by atoms with van der Waals surface area (Å²) in [7, 11) is 0. The highest BCUT2D eigenvalue weighted by molar-refractivity contribution is 5.03. The Hall–Kier alpha value is -0.930. The van der Waals surface area contributed by atoms with Crippen LogP contribution in [0.15, 0.2) is 24.4 Å². The Morgan fingerprint density at radius 3 is 3.06 bits per heavy atom. The summed E-state index contributed by atoms with van der Waals surface area (Å²) in [6, 6.07) is 7.10. The molecule has 16 heavy (non-hydrogen) atoms. The predicted octanol–water partition coefficient (Wildman–Crippen LogP) is 1.48. The maximum Gasteiger partial charge on any atom is 0.0416 e. The maximum absolute atomic E-state index is 5.96. The summed E-state index contributed by atoms with van der Waals surface area (Å²) in [4.78, 5) is 4.31. The maximum atomic E-state index is 5.96. The van der Waals surface area contributed by atoms with Gasteiger partial charge in [-0.15, -0.1) is 0 Å². The van der Waals surface area contributed by atoms with Crippen molar-refractivity contribution in [3.63, 3.8) is 0 Å². The molecule has 2 atom stereocenters. The van der Waals surface area contributed by atoms with E-state index >= 15 is 0 Å². The quantitative estimate of drug-likeness (QED) is 0.806. The zero-order chi connectivity index (χ0) is 11.2. The first-order chi connectivity index (χ1) is 7.84. The molecule has 1 heterocycles. The van der Waals surface area contributed by atoms with Crippen molar-refractivity contribution in [3.05, 3.63) is 30.1 Å². The zero-order valence-corrected chi connectivity index (χ0v) is 9.73. The van der Waals surface area contributed by atoms with Gasteiger partial charge in [-0.1, -0.05) is 12.5 Å². The zero-order valence-electron chi connectivity index (χ0n) is 9.73. The second-order valence-corrected chi connectivity index (χ2v) is 4.65. The molecular formula is C13H21N3. The van der Waals surface area contributed by atoms with E-state index in [9.17, 15) is 0 Å². The van der Waals surface area contributed by atoms with Crippen LogP contribution in [-0.4, -0.2) is 23.6 Å². The summed E-state index contributed by atoms with van der Waals surface area (Å²) >= 11 is 0. The Balaban J connectivity index is 1.68. The highest BCUT2D eigenvalue weighted by Gasteiger charge is 2.18. The lowest BCUT2D eigenvalue weighted by Gasteiger charge is -2.27. The molecule has 88 valence electrons. The molecule has 0 aromatic carbocycles. The van der Waals surface area contributed by atoms with E-state index in [4.69, 9.17) is 5.73 Å². The first-order valence-corrected chi connectivity index (χ1v) is 6.23. The summed E-state index contributed by atoms with van der Waals surface area (Å²) in [5, 5.41) is 3.58. The molecule has 0 amide bonds. The van der Waals surface area contributed by atoms with Crippen molar-refractivity contribution in [3.8, 4) is 0 Å². The van der Waals surface area contributed by atoms with E-state index in [0.29, 0.717) is 12.1 Å². The van der Waals surface area contributed by atoms with Gasteiger partial charge in [0, 0.05) is 36.9 Å². The Labute approximate surface area is 97.5 Å². The number of nitrogens with two attached hydrogens (primary N) is 1. The van der Waals surface area contributed by atoms with Crippen LogP contribution >= 0.6 is 0 Å². The molecule has 3 nitrogen and oxygen atoms in total. The van der Waals surface area contributed by atoms with Crippen molar-refractivity contribution in [2.24, 2.45) is 5.73 Å². The fourth-order valence-electron chi connectivity index (χ4n) is 2.36. The Morgan fingerprint density at radius 2 is 2.31 bits per heavy atom. The second kappa shape index (κ2) is 5.97. The van der Waals surface area contributed by atoms with Gasteiger partial charge >= 0.3 is 0 Å². The van der Waals surface area contributed by atoms with Crippen molar-refractivity contribution in [1.29, 1.82) is 0 Å². The standard InChI is InChI=1S/C13H21N3/c14-11-4-3-6-13(10-11)16-9-7-12-5-1-2-8-15-12/h1-2,5,8,11,13,16H,3-4,6-7,9-10,14H2. The van der Waals surface area contributed by atoms with Crippen molar-refractivity contribution in [2.75, 3.05) is 6.54 Å². The fraction of sp³-hybridized carbons (Fsp3) is 0.615. The Bertz CT molecular complexity index is 299. The van der Waals surface area contributed by atoms with E-state index in [1.807, 2.05) is 18.3 Å². The predicted molar refractivity (Wildman–Crippen MR) is 66.2 cm³/mol. The molecule has 0 spiro atoms. The molecule has 1 aliphatic rings. The lowest BCUT2D eigenvalue weighted by atomic mass is 9.91. The molecule has 1 saturated carbocycles. The smallest absolute Gasteiger partial charge is 0.0416 e. The van der Waals surface area contributed by atoms with Crippen LogP contribution in [-0.2, 0) is 6.42 Å². The van der Waals surface area contributed by atoms with Crippen molar-refractivity contribution >= 4 is 0 Å². The fourth-order valence-corrected chi connectivity index (χ4v) is 2.36. The summed E-state index contributed by atoms with van der Waals surface area (Å²) in [6.07, 6.45) is 7.72. The number of hydrogen-bond acceptors (Lipinski definition) is 3. The lowest BCUT2D eigenvalue weighted by molar-refractivity contribution is 0.341. The van der Waals surface area contributed by atoms with Gasteiger partial charge in [-0.25, -0.2) is 0 Å². The molecule has 1 fully saturated rings. The number of nitrogens with zero attached hydrogens (tertiary/aromatic N) is 1. The van der Waals surface area contributed by atoms with E-state index in [0.717, 1.165) is 25.1 Å². The topological polar surface area (TPSA) is 50.9 Å². The Morgan fingerprint density at radius 1 is 1.38 bits per heavy atom. The van der Waals surface area contributed by atoms with Gasteiger partial charge in [0.15, 0.2) is 0 Å². The number of pyridine rings is 1. The minimum atomic E-state index is 0.404. The van der Waals surface area contributed by atoms with Gasteiger partial charge < -0.3 is 11.1 Å². The van der Waals surface area contributed by atoms with Crippen LogP contribution in [0, 0.1) is 0 Å². The largest absolute Gasteiger partial charge is 0.328 e. The molecular weight excluding hydrogens is 198 g/mol. The third-order valence-corrected chi connectivity index (χ3v) is 3.26. The van der Waals surface area contributed by atoms with E-state index in [-0.39, 0.29) is 0 Å². The third kappa shape index (κ3) is 3.58. The molecule has 1 aromatic rings. The number of hydrogen-bond donors (Lipinski definition) is 2. The molecule has 1 aliphatic carbocycles. The van der Waals surface area contributed by atoms with Crippen LogP contribution < -0.4 is 11.1 Å². The van der Waals surface area contributed by atoms with Crippen molar-refractivity contribution < 1.29 is 0 Å². The Kier molecular flexibility index (Phi) is 4.31. The molecule has 0 saturated heterocycles. The highest BCUT2D eigenvalue weighted by Crippen LogP contribution is 2.16. The van der Waals surface area contributed by atoms with Crippen molar-refractivity contribution in [1.82, 2.24) is 10.3 Å². The number of rotatable bonds is 4. The van der Waals surface area contributed by atoms with Gasteiger partial charge in [0.2, 0.25) is 0 Å². The number of aromatic nitrogens is 1. The van der Waals surface area contributed by atoms with Gasteiger partial charge in [-0.2, -0.15) is 0 Å². The average molecular weight is 219 g/mol. The first-order valence-electron chi connectivity index (χ1n) is 6.23. The second-order valence-electron chi connectivity index (χ2n) is 4.65. The van der Waals surface area contributed by atoms with Gasteiger partial charge in [-0.05, 0) is 31.4 Å². The summed E-state index contributed by atoms with van der Waals surface area (Å²) in [6.45, 7) is 1.01. The van der Waals surface area contributed by atoms with Gasteiger partial charge in [-0.3, -0.25) is 4.98 Å². The van der Waals surface area contributed by atoms with Crippen LogP contribution in [0.3, 0.4) is 0 Å². The highest BCUT2D eigenvalue weighted by atomic mass is 14.9. The van der Waals surface area contributed by atoms with Crippen LogP contribution in [0.25, 0.3) is 0 Å². The minimum absolute atomic E-state index is 0.404. The van der Waals surface area contributed by atoms with E-state index in [1.54, 1.807) is 0 Å². The monoisotopic (exact) mass is 219 g/mol. The summed E-state index contributed by atoms with van der Waals surface area (Å²) in [5.41, 5.74) is 7.12. The molecule has 3 heteroatoms. The van der Waals surface area contributed by atoms with E-state index < -0.39 is 0 Å². The minimum Gasteiger partial charge on any atom is -0.328 e. The first kappa shape index (κ1) is 11.6. The van der Waals surface area contributed by atoms with Gasteiger partial charge in [0.05, 0.1) is 0 Å². The van der Waals surface area contributed by atoms with Crippen molar-refractivity contribution in [2.45, 2.75) is 44.2 Å². The molecule has 1 aromatic heterocycles. The van der Waals surface area contributed by atoms with Crippen LogP contribution in [0.4, 0.5) is 0 Å². The molecule has 2 rings (SSSR count). The molecule has 2 unspecified atom stereocenters. The summed E-state index contributed by atoms with van der Waals surface area (Å²) < 4.78 is 0. The molecule has 0 radical (unpaired) electrons. The number of nitrogens with one attached hydrogen (secondary N) is 1. The van der Waals surface area contributed by atoms with E-state index in [1.165, 1.54) is 19.3 Å². The molecule has 0 bridgehead atoms. The average Bonchev–Trinajstić information content (AvgIpc) is 2.30.